The van der Waals surface area contributed by atoms with Crippen molar-refractivity contribution < 1.29 is 14.6 Å². The molecule has 5 atom stereocenters. The lowest BCUT2D eigenvalue weighted by Crippen LogP contribution is -2.36. The molecule has 5 heteroatoms. The molecular weight excluding hydrogens is 268 g/mol. The molecule has 1 aliphatic carbocycles. The van der Waals surface area contributed by atoms with Crippen LogP contribution in [0.2, 0.25) is 0 Å². The third kappa shape index (κ3) is 3.23. The van der Waals surface area contributed by atoms with Gasteiger partial charge in [-0.25, -0.2) is 0 Å². The normalized spacial score (nSPS) is 26.5. The summed E-state index contributed by atoms with van der Waals surface area (Å²) in [6.45, 7) is 1.83. The number of aliphatic hydroxyl groups is 1. The monoisotopic (exact) mass is 288 g/mol. The average molecular weight is 288 g/mol. The average Bonchev–Trinajstić information content (AvgIpc) is 3.19. The summed E-state index contributed by atoms with van der Waals surface area (Å²) in [6, 6.07) is 10.9. The van der Waals surface area contributed by atoms with Crippen LogP contribution in [0.5, 0.6) is 0 Å². The first-order chi connectivity index (χ1) is 10.1. The summed E-state index contributed by atoms with van der Waals surface area (Å²) in [7, 11) is 1.36. The number of nitrogens with one attached hydrogen (secondary N) is 1. The number of nitrogens with zero attached hydrogens (tertiary/aromatic N) is 1. The fourth-order valence-corrected chi connectivity index (χ4v) is 2.90. The largest absolute Gasteiger partial charge is 0.469 e. The van der Waals surface area contributed by atoms with Crippen LogP contribution in [-0.2, 0) is 9.53 Å². The van der Waals surface area contributed by atoms with Crippen molar-refractivity contribution in [3.05, 3.63) is 35.9 Å². The number of hydrogen-bond acceptors (Lipinski definition) is 5. The first kappa shape index (κ1) is 15.5. The van der Waals surface area contributed by atoms with Crippen molar-refractivity contribution in [2.24, 2.45) is 17.8 Å². The Hall–Kier alpha value is -1.90. The van der Waals surface area contributed by atoms with Gasteiger partial charge in [-0.1, -0.05) is 37.3 Å². The van der Waals surface area contributed by atoms with E-state index in [2.05, 4.69) is 11.4 Å². The molecule has 2 rings (SSSR count). The Kier molecular flexibility index (Phi) is 4.94. The standard InChI is InChI=1S/C16H20N2O3/c1-10-14(15(10)16(20)21-2)12(8-17)18-13(9-19)11-6-4-3-5-7-11/h3-7,10,12-15,18-19H,9H2,1-2H3/t10-,12-,13?,14+,15+/m1/s1. The highest BCUT2D eigenvalue weighted by molar-refractivity contribution is 5.76. The minimum atomic E-state index is -0.485. The van der Waals surface area contributed by atoms with E-state index in [4.69, 9.17) is 4.74 Å². The van der Waals surface area contributed by atoms with Crippen LogP contribution in [0.1, 0.15) is 18.5 Å². The van der Waals surface area contributed by atoms with E-state index in [0.29, 0.717) is 0 Å². The van der Waals surface area contributed by atoms with Crippen LogP contribution < -0.4 is 5.32 Å². The molecule has 1 saturated carbocycles. The third-order valence-electron chi connectivity index (χ3n) is 4.21. The SMILES string of the molecule is COC(=O)[C@H]1[C@H](C)[C@H]1[C@@H](C#N)NC(CO)c1ccccc1. The lowest BCUT2D eigenvalue weighted by molar-refractivity contribution is -0.142. The Labute approximate surface area is 124 Å². The molecule has 0 heterocycles. The first-order valence-electron chi connectivity index (χ1n) is 7.03. The van der Waals surface area contributed by atoms with E-state index in [9.17, 15) is 15.2 Å². The predicted octanol–water partition coefficient (Wildman–Crippen LogP) is 1.26. The summed E-state index contributed by atoms with van der Waals surface area (Å²) in [5.74, 6) is -0.456. The number of ether oxygens (including phenoxy) is 1. The minimum Gasteiger partial charge on any atom is -0.469 e. The zero-order chi connectivity index (χ0) is 15.4. The van der Waals surface area contributed by atoms with Crippen molar-refractivity contribution in [3.63, 3.8) is 0 Å². The highest BCUT2D eigenvalue weighted by Crippen LogP contribution is 2.49. The molecule has 0 saturated heterocycles. The Morgan fingerprint density at radius 3 is 2.67 bits per heavy atom. The van der Waals surface area contributed by atoms with E-state index >= 15 is 0 Å². The molecule has 1 aromatic rings. The number of benzene rings is 1. The van der Waals surface area contributed by atoms with Crippen molar-refractivity contribution in [2.45, 2.75) is 19.0 Å². The van der Waals surface area contributed by atoms with Gasteiger partial charge in [-0.3, -0.25) is 10.1 Å². The van der Waals surface area contributed by atoms with Gasteiger partial charge in [-0.05, 0) is 11.5 Å². The minimum absolute atomic E-state index is 0.0692. The quantitative estimate of drug-likeness (QED) is 0.770. The molecule has 0 amide bonds. The molecule has 21 heavy (non-hydrogen) atoms. The summed E-state index contributed by atoms with van der Waals surface area (Å²) >= 11 is 0. The maximum absolute atomic E-state index is 11.6. The molecule has 0 aliphatic heterocycles. The molecule has 0 radical (unpaired) electrons. The zero-order valence-corrected chi connectivity index (χ0v) is 12.2. The van der Waals surface area contributed by atoms with Crippen molar-refractivity contribution in [3.8, 4) is 6.07 Å². The molecule has 1 aliphatic rings. The van der Waals surface area contributed by atoms with Crippen LogP contribution in [-0.4, -0.2) is 30.8 Å². The summed E-state index contributed by atoms with van der Waals surface area (Å²) < 4.78 is 4.76. The number of aliphatic hydroxyl groups excluding tert-OH is 1. The summed E-state index contributed by atoms with van der Waals surface area (Å²) in [5.41, 5.74) is 0.920. The molecule has 1 fully saturated rings. The second kappa shape index (κ2) is 6.70. The zero-order valence-electron chi connectivity index (χ0n) is 12.2. The van der Waals surface area contributed by atoms with Crippen molar-refractivity contribution >= 4 is 5.97 Å². The molecule has 5 nitrogen and oxygen atoms in total. The molecule has 2 N–H and O–H groups in total. The van der Waals surface area contributed by atoms with Gasteiger partial charge in [0.05, 0.1) is 37.8 Å². The first-order valence-corrected chi connectivity index (χ1v) is 7.03. The number of methoxy groups -OCH3 is 1. The maximum atomic E-state index is 11.6. The molecule has 0 spiro atoms. The van der Waals surface area contributed by atoms with E-state index in [1.807, 2.05) is 37.3 Å². The number of rotatable bonds is 6. The number of hydrogen-bond donors (Lipinski definition) is 2. The van der Waals surface area contributed by atoms with Gasteiger partial charge in [0.25, 0.3) is 0 Å². The van der Waals surface area contributed by atoms with E-state index < -0.39 is 6.04 Å². The molecule has 1 aromatic carbocycles. The fourth-order valence-electron chi connectivity index (χ4n) is 2.90. The van der Waals surface area contributed by atoms with E-state index in [-0.39, 0.29) is 36.4 Å². The molecule has 112 valence electrons. The van der Waals surface area contributed by atoms with Crippen LogP contribution in [0.4, 0.5) is 0 Å². The summed E-state index contributed by atoms with van der Waals surface area (Å²) in [5, 5.41) is 22.1. The van der Waals surface area contributed by atoms with Crippen molar-refractivity contribution in [1.29, 1.82) is 5.26 Å². The maximum Gasteiger partial charge on any atom is 0.309 e. The van der Waals surface area contributed by atoms with Gasteiger partial charge in [-0.2, -0.15) is 5.26 Å². The lowest BCUT2D eigenvalue weighted by atomic mass is 10.0. The van der Waals surface area contributed by atoms with Crippen LogP contribution in [0.15, 0.2) is 30.3 Å². The van der Waals surface area contributed by atoms with Gasteiger partial charge >= 0.3 is 5.97 Å². The Morgan fingerprint density at radius 1 is 1.48 bits per heavy atom. The highest BCUT2D eigenvalue weighted by Gasteiger charge is 2.56. The molecule has 0 aromatic heterocycles. The fraction of sp³-hybridized carbons (Fsp3) is 0.500. The van der Waals surface area contributed by atoms with Crippen LogP contribution in [0.25, 0.3) is 0 Å². The van der Waals surface area contributed by atoms with Crippen LogP contribution in [0.3, 0.4) is 0 Å². The molecular formula is C16H20N2O3. The number of carbonyl (C=O) groups is 1. The second-order valence-electron chi connectivity index (χ2n) is 5.40. The highest BCUT2D eigenvalue weighted by atomic mass is 16.5. The van der Waals surface area contributed by atoms with E-state index in [0.717, 1.165) is 5.56 Å². The van der Waals surface area contributed by atoms with Crippen LogP contribution in [0, 0.1) is 29.1 Å². The van der Waals surface area contributed by atoms with E-state index in [1.54, 1.807) is 0 Å². The summed E-state index contributed by atoms with van der Waals surface area (Å²) in [6.07, 6.45) is 0. The van der Waals surface area contributed by atoms with Gasteiger partial charge in [0, 0.05) is 5.92 Å². The molecule has 1 unspecified atom stereocenters. The van der Waals surface area contributed by atoms with Gasteiger partial charge in [0.15, 0.2) is 0 Å². The van der Waals surface area contributed by atoms with Gasteiger partial charge in [0.2, 0.25) is 0 Å². The smallest absolute Gasteiger partial charge is 0.309 e. The topological polar surface area (TPSA) is 82.4 Å². The molecule has 0 bridgehead atoms. The number of carbonyl (C=O) groups excluding carboxylic acids is 1. The number of nitriles is 1. The second-order valence-corrected chi connectivity index (χ2v) is 5.40. The third-order valence-corrected chi connectivity index (χ3v) is 4.21. The Balaban J connectivity index is 2.06. The van der Waals surface area contributed by atoms with Crippen LogP contribution >= 0.6 is 0 Å². The number of esters is 1. The Bertz CT molecular complexity index is 526. The summed E-state index contributed by atoms with van der Waals surface area (Å²) in [4.78, 5) is 11.6. The Morgan fingerprint density at radius 2 is 2.14 bits per heavy atom. The van der Waals surface area contributed by atoms with Gasteiger partial charge in [-0.15, -0.1) is 0 Å². The van der Waals surface area contributed by atoms with Crippen molar-refractivity contribution in [2.75, 3.05) is 13.7 Å². The van der Waals surface area contributed by atoms with Crippen molar-refractivity contribution in [1.82, 2.24) is 5.32 Å². The predicted molar refractivity (Wildman–Crippen MR) is 77.0 cm³/mol. The van der Waals surface area contributed by atoms with Gasteiger partial charge < -0.3 is 9.84 Å². The van der Waals surface area contributed by atoms with E-state index in [1.165, 1.54) is 7.11 Å². The van der Waals surface area contributed by atoms with Gasteiger partial charge in [0.1, 0.15) is 0 Å². The lowest BCUT2D eigenvalue weighted by Gasteiger charge is -2.20.